The quantitative estimate of drug-likeness (QED) is 0.604. The second-order valence-corrected chi connectivity index (χ2v) is 7.30. The summed E-state index contributed by atoms with van der Waals surface area (Å²) in [6.07, 6.45) is -4.63. The van der Waals surface area contributed by atoms with E-state index in [1.165, 1.54) is 17.0 Å². The number of carbonyl (C=O) groups is 1. The standard InChI is InChI=1S/C20H16ClF3N4O/c1-12-10-27(19(29)14-8-5-9-15(17(14)21)20(22,23)24)11-16-18(12)28(26-25-16)13-6-3-2-4-7-13/h2-9,12H,10-11H2,1H3. The maximum Gasteiger partial charge on any atom is 0.417 e. The Kier molecular flexibility index (Phi) is 4.82. The van der Waals surface area contributed by atoms with Gasteiger partial charge in [0, 0.05) is 12.5 Å². The van der Waals surface area contributed by atoms with Crippen LogP contribution in [0.15, 0.2) is 48.5 Å². The molecule has 1 amide bonds. The lowest BCUT2D eigenvalue weighted by atomic mass is 9.98. The molecule has 4 rings (SSSR count). The number of benzene rings is 2. The van der Waals surface area contributed by atoms with Gasteiger partial charge >= 0.3 is 6.18 Å². The van der Waals surface area contributed by atoms with Crippen LogP contribution in [0.4, 0.5) is 13.2 Å². The molecule has 1 unspecified atom stereocenters. The van der Waals surface area contributed by atoms with Crippen molar-refractivity contribution in [3.8, 4) is 5.69 Å². The lowest BCUT2D eigenvalue weighted by molar-refractivity contribution is -0.137. The number of nitrogens with zero attached hydrogens (tertiary/aromatic N) is 4. The van der Waals surface area contributed by atoms with Gasteiger partial charge in [0.1, 0.15) is 5.69 Å². The highest BCUT2D eigenvalue weighted by Crippen LogP contribution is 2.37. The molecule has 0 radical (unpaired) electrons. The number of amides is 1. The number of aromatic nitrogens is 3. The predicted octanol–water partition coefficient (Wildman–Crippen LogP) is 4.70. The van der Waals surface area contributed by atoms with Crippen LogP contribution in [0.5, 0.6) is 0 Å². The fraction of sp³-hybridized carbons (Fsp3) is 0.250. The minimum Gasteiger partial charge on any atom is -0.332 e. The number of alkyl halides is 3. The van der Waals surface area contributed by atoms with Crippen LogP contribution in [-0.2, 0) is 12.7 Å². The minimum atomic E-state index is -4.63. The molecule has 3 aromatic rings. The molecule has 0 bridgehead atoms. The molecule has 0 fully saturated rings. The molecular weight excluding hydrogens is 405 g/mol. The zero-order valence-electron chi connectivity index (χ0n) is 15.3. The van der Waals surface area contributed by atoms with Crippen molar-refractivity contribution in [3.05, 3.63) is 76.1 Å². The van der Waals surface area contributed by atoms with E-state index in [2.05, 4.69) is 10.3 Å². The molecule has 0 aliphatic carbocycles. The number of hydrogen-bond donors (Lipinski definition) is 0. The van der Waals surface area contributed by atoms with E-state index in [4.69, 9.17) is 11.6 Å². The number of fused-ring (bicyclic) bond motifs is 1. The number of carbonyl (C=O) groups excluding carboxylic acids is 1. The van der Waals surface area contributed by atoms with E-state index in [1.54, 1.807) is 4.68 Å². The molecule has 0 spiro atoms. The molecule has 1 aliphatic rings. The van der Waals surface area contributed by atoms with Gasteiger partial charge in [-0.2, -0.15) is 13.2 Å². The summed E-state index contributed by atoms with van der Waals surface area (Å²) in [6.45, 7) is 2.39. The third kappa shape index (κ3) is 3.48. The van der Waals surface area contributed by atoms with Crippen LogP contribution in [0.25, 0.3) is 5.69 Å². The molecule has 0 N–H and O–H groups in total. The topological polar surface area (TPSA) is 51.0 Å². The molecule has 2 aromatic carbocycles. The average Bonchev–Trinajstić information content (AvgIpc) is 3.12. The van der Waals surface area contributed by atoms with Crippen LogP contribution in [0, 0.1) is 0 Å². The van der Waals surface area contributed by atoms with Gasteiger partial charge in [-0.25, -0.2) is 4.68 Å². The lowest BCUT2D eigenvalue weighted by Gasteiger charge is -2.31. The Balaban J connectivity index is 1.66. The highest BCUT2D eigenvalue weighted by Gasteiger charge is 2.37. The van der Waals surface area contributed by atoms with Crippen molar-refractivity contribution in [1.29, 1.82) is 0 Å². The van der Waals surface area contributed by atoms with Gasteiger partial charge in [0.15, 0.2) is 0 Å². The van der Waals surface area contributed by atoms with Gasteiger partial charge in [-0.15, -0.1) is 5.10 Å². The number of halogens is 4. The molecule has 5 nitrogen and oxygen atoms in total. The number of para-hydroxylation sites is 1. The van der Waals surface area contributed by atoms with E-state index in [9.17, 15) is 18.0 Å². The smallest absolute Gasteiger partial charge is 0.332 e. The monoisotopic (exact) mass is 420 g/mol. The Morgan fingerprint density at radius 2 is 1.86 bits per heavy atom. The highest BCUT2D eigenvalue weighted by atomic mass is 35.5. The second kappa shape index (κ2) is 7.18. The second-order valence-electron chi connectivity index (χ2n) is 6.92. The Labute approximate surface area is 169 Å². The van der Waals surface area contributed by atoms with Crippen molar-refractivity contribution in [2.75, 3.05) is 6.54 Å². The first-order valence-corrected chi connectivity index (χ1v) is 9.30. The summed E-state index contributed by atoms with van der Waals surface area (Å²) >= 11 is 5.93. The van der Waals surface area contributed by atoms with E-state index in [0.717, 1.165) is 17.4 Å². The summed E-state index contributed by atoms with van der Waals surface area (Å²) in [5.41, 5.74) is 1.16. The van der Waals surface area contributed by atoms with Crippen LogP contribution in [-0.4, -0.2) is 32.3 Å². The Bertz CT molecular complexity index is 1070. The van der Waals surface area contributed by atoms with E-state index in [0.29, 0.717) is 12.2 Å². The first-order chi connectivity index (χ1) is 13.8. The molecule has 150 valence electrons. The van der Waals surface area contributed by atoms with Crippen LogP contribution in [0.2, 0.25) is 5.02 Å². The van der Waals surface area contributed by atoms with Crippen molar-refractivity contribution >= 4 is 17.5 Å². The fourth-order valence-electron chi connectivity index (χ4n) is 3.59. The molecule has 0 saturated carbocycles. The van der Waals surface area contributed by atoms with Gasteiger partial charge in [0.2, 0.25) is 0 Å². The third-order valence-corrected chi connectivity index (χ3v) is 5.31. The van der Waals surface area contributed by atoms with Crippen LogP contribution >= 0.6 is 11.6 Å². The minimum absolute atomic E-state index is 0.109. The largest absolute Gasteiger partial charge is 0.417 e. The van der Waals surface area contributed by atoms with E-state index < -0.39 is 22.7 Å². The summed E-state index contributed by atoms with van der Waals surface area (Å²) in [5, 5.41) is 7.81. The Morgan fingerprint density at radius 3 is 2.55 bits per heavy atom. The van der Waals surface area contributed by atoms with E-state index in [-0.39, 0.29) is 18.0 Å². The predicted molar refractivity (Wildman–Crippen MR) is 101 cm³/mol. The van der Waals surface area contributed by atoms with Gasteiger partial charge in [-0.05, 0) is 24.3 Å². The molecule has 1 atom stereocenters. The van der Waals surface area contributed by atoms with Gasteiger partial charge in [0.05, 0.1) is 34.1 Å². The summed E-state index contributed by atoms with van der Waals surface area (Å²) in [7, 11) is 0. The highest BCUT2D eigenvalue weighted by molar-refractivity contribution is 6.34. The SMILES string of the molecule is CC1CN(C(=O)c2cccc(C(F)(F)F)c2Cl)Cc2nnn(-c3ccccc3)c21. The normalized spacial score (nSPS) is 16.6. The maximum absolute atomic E-state index is 13.1. The number of rotatable bonds is 2. The first kappa shape index (κ1) is 19.4. The van der Waals surface area contributed by atoms with Gasteiger partial charge < -0.3 is 4.90 Å². The first-order valence-electron chi connectivity index (χ1n) is 8.92. The maximum atomic E-state index is 13.1. The molecule has 29 heavy (non-hydrogen) atoms. The third-order valence-electron chi connectivity index (χ3n) is 4.90. The van der Waals surface area contributed by atoms with Gasteiger partial charge in [-0.1, -0.05) is 48.0 Å². The zero-order chi connectivity index (χ0) is 20.8. The molecule has 1 aromatic heterocycles. The summed E-state index contributed by atoms with van der Waals surface area (Å²) in [5.74, 6) is -0.671. The van der Waals surface area contributed by atoms with Gasteiger partial charge in [-0.3, -0.25) is 4.79 Å². The van der Waals surface area contributed by atoms with Crippen molar-refractivity contribution in [2.24, 2.45) is 0 Å². The Morgan fingerprint density at radius 1 is 1.14 bits per heavy atom. The van der Waals surface area contributed by atoms with Crippen molar-refractivity contribution in [2.45, 2.75) is 25.6 Å². The van der Waals surface area contributed by atoms with Crippen LogP contribution < -0.4 is 0 Å². The van der Waals surface area contributed by atoms with E-state index in [1.807, 2.05) is 37.3 Å². The summed E-state index contributed by atoms with van der Waals surface area (Å²) in [4.78, 5) is 14.4. The fourth-order valence-corrected chi connectivity index (χ4v) is 3.90. The van der Waals surface area contributed by atoms with Crippen molar-refractivity contribution < 1.29 is 18.0 Å². The lowest BCUT2D eigenvalue weighted by Crippen LogP contribution is -2.38. The molecular formula is C20H16ClF3N4O. The van der Waals surface area contributed by atoms with Crippen molar-refractivity contribution in [3.63, 3.8) is 0 Å². The molecule has 0 saturated heterocycles. The summed E-state index contributed by atoms with van der Waals surface area (Å²) in [6, 6.07) is 12.8. The summed E-state index contributed by atoms with van der Waals surface area (Å²) < 4.78 is 41.1. The zero-order valence-corrected chi connectivity index (χ0v) is 16.1. The van der Waals surface area contributed by atoms with Crippen LogP contribution in [0.1, 0.15) is 40.2 Å². The number of hydrogen-bond acceptors (Lipinski definition) is 3. The average molecular weight is 421 g/mol. The van der Waals surface area contributed by atoms with Gasteiger partial charge in [0.25, 0.3) is 5.91 Å². The molecule has 1 aliphatic heterocycles. The molecule has 2 heterocycles. The van der Waals surface area contributed by atoms with Crippen LogP contribution in [0.3, 0.4) is 0 Å². The van der Waals surface area contributed by atoms with E-state index >= 15 is 0 Å². The van der Waals surface area contributed by atoms with Crippen molar-refractivity contribution in [1.82, 2.24) is 19.9 Å². The Hall–Kier alpha value is -2.87. The molecule has 9 heteroatoms.